The van der Waals surface area contributed by atoms with Crippen molar-refractivity contribution in [2.24, 2.45) is 11.8 Å². The van der Waals surface area contributed by atoms with Crippen LogP contribution in [0.1, 0.15) is 19.4 Å². The fraction of sp³-hybridized carbons (Fsp3) is 0.600. The highest BCUT2D eigenvalue weighted by molar-refractivity contribution is 5.63. The van der Waals surface area contributed by atoms with Crippen LogP contribution in [0.5, 0.6) is 11.5 Å². The van der Waals surface area contributed by atoms with E-state index in [0.29, 0.717) is 5.92 Å². The summed E-state index contributed by atoms with van der Waals surface area (Å²) in [5, 5.41) is 12.7. The summed E-state index contributed by atoms with van der Waals surface area (Å²) in [5.41, 5.74) is 1.90. The predicted octanol–water partition coefficient (Wildman–Crippen LogP) is 2.69. The van der Waals surface area contributed by atoms with Crippen molar-refractivity contribution in [2.75, 3.05) is 32.7 Å². The van der Waals surface area contributed by atoms with Crippen LogP contribution in [0.4, 0.5) is 5.69 Å². The van der Waals surface area contributed by atoms with E-state index in [2.05, 4.69) is 19.2 Å². The Labute approximate surface area is 115 Å². The molecule has 2 N–H and O–H groups in total. The molecule has 0 radical (unpaired) electrons. The summed E-state index contributed by atoms with van der Waals surface area (Å²) in [4.78, 5) is 0. The van der Waals surface area contributed by atoms with Crippen molar-refractivity contribution < 1.29 is 14.6 Å². The molecule has 1 aromatic carbocycles. The highest BCUT2D eigenvalue weighted by atomic mass is 16.5. The lowest BCUT2D eigenvalue weighted by Crippen LogP contribution is -2.23. The fourth-order valence-corrected chi connectivity index (χ4v) is 2.05. The van der Waals surface area contributed by atoms with Crippen LogP contribution in [-0.4, -0.2) is 32.5 Å². The number of rotatable bonds is 7. The first-order valence-corrected chi connectivity index (χ1v) is 6.61. The molecule has 4 heteroatoms. The van der Waals surface area contributed by atoms with Gasteiger partial charge in [-0.3, -0.25) is 0 Å². The maximum Gasteiger partial charge on any atom is 0.148 e. The van der Waals surface area contributed by atoms with Gasteiger partial charge in [0.05, 0.1) is 19.9 Å². The number of aliphatic hydroxyl groups is 1. The first-order chi connectivity index (χ1) is 9.04. The Balaban J connectivity index is 2.86. The molecular formula is C15H25NO3. The normalized spacial score (nSPS) is 12.4. The van der Waals surface area contributed by atoms with Gasteiger partial charge < -0.3 is 19.9 Å². The molecule has 0 aromatic heterocycles. The molecule has 1 atom stereocenters. The van der Waals surface area contributed by atoms with Gasteiger partial charge in [0.25, 0.3) is 0 Å². The van der Waals surface area contributed by atoms with Gasteiger partial charge in [-0.1, -0.05) is 13.8 Å². The molecule has 0 heterocycles. The van der Waals surface area contributed by atoms with Gasteiger partial charge in [-0.15, -0.1) is 0 Å². The number of hydrogen-bond acceptors (Lipinski definition) is 4. The highest BCUT2D eigenvalue weighted by Crippen LogP contribution is 2.35. The minimum atomic E-state index is 0.183. The molecule has 1 rings (SSSR count). The van der Waals surface area contributed by atoms with Gasteiger partial charge in [-0.25, -0.2) is 0 Å². The largest absolute Gasteiger partial charge is 0.496 e. The van der Waals surface area contributed by atoms with Gasteiger partial charge in [0, 0.05) is 24.6 Å². The second kappa shape index (κ2) is 7.24. The molecule has 0 bridgehead atoms. The summed E-state index contributed by atoms with van der Waals surface area (Å²) < 4.78 is 10.7. The van der Waals surface area contributed by atoms with Gasteiger partial charge in [0.1, 0.15) is 11.5 Å². The summed E-state index contributed by atoms with van der Waals surface area (Å²) in [5.74, 6) is 2.26. The molecule has 0 aliphatic rings. The molecule has 4 nitrogen and oxygen atoms in total. The average molecular weight is 267 g/mol. The number of hydrogen-bond donors (Lipinski definition) is 2. The second-order valence-electron chi connectivity index (χ2n) is 5.04. The Bertz CT molecular complexity index is 405. The van der Waals surface area contributed by atoms with Gasteiger partial charge in [0.2, 0.25) is 0 Å². The first-order valence-electron chi connectivity index (χ1n) is 6.61. The van der Waals surface area contributed by atoms with Gasteiger partial charge in [0.15, 0.2) is 0 Å². The molecule has 0 aliphatic heterocycles. The Morgan fingerprint density at radius 3 is 2.37 bits per heavy atom. The highest BCUT2D eigenvalue weighted by Gasteiger charge is 2.15. The number of ether oxygens (including phenoxy) is 2. The van der Waals surface area contributed by atoms with E-state index in [0.717, 1.165) is 29.3 Å². The van der Waals surface area contributed by atoms with Crippen molar-refractivity contribution in [3.8, 4) is 11.5 Å². The van der Waals surface area contributed by atoms with Crippen LogP contribution < -0.4 is 14.8 Å². The van der Waals surface area contributed by atoms with E-state index in [1.807, 2.05) is 19.1 Å². The van der Waals surface area contributed by atoms with Gasteiger partial charge in [-0.05, 0) is 25.0 Å². The average Bonchev–Trinajstić information content (AvgIpc) is 2.39. The van der Waals surface area contributed by atoms with E-state index >= 15 is 0 Å². The minimum absolute atomic E-state index is 0.183. The van der Waals surface area contributed by atoms with Crippen molar-refractivity contribution in [2.45, 2.75) is 20.8 Å². The van der Waals surface area contributed by atoms with Crippen molar-refractivity contribution in [3.63, 3.8) is 0 Å². The maximum atomic E-state index is 9.35. The van der Waals surface area contributed by atoms with E-state index < -0.39 is 0 Å². The molecule has 0 amide bonds. The second-order valence-corrected chi connectivity index (χ2v) is 5.04. The van der Waals surface area contributed by atoms with Crippen molar-refractivity contribution in [3.05, 3.63) is 17.7 Å². The summed E-state index contributed by atoms with van der Waals surface area (Å²) >= 11 is 0. The lowest BCUT2D eigenvalue weighted by molar-refractivity contribution is 0.198. The third-order valence-electron chi connectivity index (χ3n) is 3.51. The molecule has 1 aromatic rings. The van der Waals surface area contributed by atoms with Crippen LogP contribution in [0.3, 0.4) is 0 Å². The van der Waals surface area contributed by atoms with Gasteiger partial charge in [-0.2, -0.15) is 0 Å². The number of anilines is 1. The number of nitrogens with one attached hydrogen (secondary N) is 1. The zero-order valence-corrected chi connectivity index (χ0v) is 12.5. The van der Waals surface area contributed by atoms with Crippen LogP contribution in [-0.2, 0) is 0 Å². The molecule has 0 saturated carbocycles. The predicted molar refractivity (Wildman–Crippen MR) is 78.2 cm³/mol. The molecule has 1 unspecified atom stereocenters. The van der Waals surface area contributed by atoms with Crippen LogP contribution in [0, 0.1) is 18.8 Å². The minimum Gasteiger partial charge on any atom is -0.496 e. The standard InChI is InChI=1S/C15H25NO3/c1-10(2)12(9-17)8-16-13-6-7-14(18-4)11(3)15(13)19-5/h6-7,10,12,16-17H,8-9H2,1-5H3. The van der Waals surface area contributed by atoms with Crippen LogP contribution in [0.15, 0.2) is 12.1 Å². The Morgan fingerprint density at radius 2 is 1.89 bits per heavy atom. The molecule has 0 spiro atoms. The molecular weight excluding hydrogens is 242 g/mol. The van der Waals surface area contributed by atoms with E-state index in [1.165, 1.54) is 0 Å². The Kier molecular flexibility index (Phi) is 5.96. The lowest BCUT2D eigenvalue weighted by atomic mass is 9.97. The van der Waals surface area contributed by atoms with Crippen molar-refractivity contribution >= 4 is 5.69 Å². The summed E-state index contributed by atoms with van der Waals surface area (Å²) in [6, 6.07) is 3.86. The smallest absolute Gasteiger partial charge is 0.148 e. The number of benzene rings is 1. The SMILES string of the molecule is COc1ccc(NCC(CO)C(C)C)c(OC)c1C. The number of aliphatic hydroxyl groups excluding tert-OH is 1. The zero-order chi connectivity index (χ0) is 14.4. The van der Waals surface area contributed by atoms with Crippen LogP contribution in [0.2, 0.25) is 0 Å². The Morgan fingerprint density at radius 1 is 1.21 bits per heavy atom. The van der Waals surface area contributed by atoms with E-state index in [9.17, 15) is 5.11 Å². The molecule has 0 aliphatic carbocycles. The summed E-state index contributed by atoms with van der Waals surface area (Å²) in [6.45, 7) is 7.09. The maximum absolute atomic E-state index is 9.35. The van der Waals surface area contributed by atoms with Crippen molar-refractivity contribution in [1.29, 1.82) is 0 Å². The Hall–Kier alpha value is -1.42. The van der Waals surface area contributed by atoms with E-state index in [1.54, 1.807) is 14.2 Å². The van der Waals surface area contributed by atoms with E-state index in [-0.39, 0.29) is 12.5 Å². The quantitative estimate of drug-likeness (QED) is 0.797. The topological polar surface area (TPSA) is 50.7 Å². The third-order valence-corrected chi connectivity index (χ3v) is 3.51. The molecule has 0 saturated heterocycles. The monoisotopic (exact) mass is 267 g/mol. The third kappa shape index (κ3) is 3.77. The van der Waals surface area contributed by atoms with Gasteiger partial charge >= 0.3 is 0 Å². The molecule has 0 fully saturated rings. The lowest BCUT2D eigenvalue weighted by Gasteiger charge is -2.21. The van der Waals surface area contributed by atoms with Crippen LogP contribution in [0.25, 0.3) is 0 Å². The number of methoxy groups -OCH3 is 2. The van der Waals surface area contributed by atoms with Crippen LogP contribution >= 0.6 is 0 Å². The fourth-order valence-electron chi connectivity index (χ4n) is 2.05. The zero-order valence-electron chi connectivity index (χ0n) is 12.5. The first kappa shape index (κ1) is 15.6. The van der Waals surface area contributed by atoms with E-state index in [4.69, 9.17) is 9.47 Å². The summed E-state index contributed by atoms with van der Waals surface area (Å²) in [6.07, 6.45) is 0. The van der Waals surface area contributed by atoms with Crippen molar-refractivity contribution in [1.82, 2.24) is 0 Å². The molecule has 108 valence electrons. The summed E-state index contributed by atoms with van der Waals surface area (Å²) in [7, 11) is 3.30. The molecule has 19 heavy (non-hydrogen) atoms.